The SMILES string of the molecule is COc1cnc(N2CCN(c3cc(-n4ccc(C)n4)ncn3)CC2)nc1. The zero-order valence-electron chi connectivity index (χ0n) is 14.8. The molecule has 1 saturated heterocycles. The van der Waals surface area contributed by atoms with Crippen molar-refractivity contribution in [2.75, 3.05) is 43.1 Å². The van der Waals surface area contributed by atoms with Crippen molar-refractivity contribution in [2.45, 2.75) is 6.92 Å². The summed E-state index contributed by atoms with van der Waals surface area (Å²) >= 11 is 0. The van der Waals surface area contributed by atoms with Crippen LogP contribution in [-0.4, -0.2) is 63.0 Å². The fraction of sp³-hybridized carbons (Fsp3) is 0.353. The third kappa shape index (κ3) is 3.28. The molecule has 26 heavy (non-hydrogen) atoms. The summed E-state index contributed by atoms with van der Waals surface area (Å²) in [5.41, 5.74) is 0.957. The molecule has 9 heteroatoms. The molecule has 3 aromatic rings. The number of anilines is 2. The van der Waals surface area contributed by atoms with Gasteiger partial charge in [0.25, 0.3) is 0 Å². The van der Waals surface area contributed by atoms with Crippen LogP contribution in [0, 0.1) is 6.92 Å². The molecular formula is C17H20N8O. The molecule has 0 bridgehead atoms. The van der Waals surface area contributed by atoms with Crippen LogP contribution in [0.5, 0.6) is 5.75 Å². The first-order chi connectivity index (χ1) is 12.7. The van der Waals surface area contributed by atoms with E-state index in [1.54, 1.807) is 30.5 Å². The second kappa shape index (κ2) is 6.95. The Morgan fingerprint density at radius 3 is 2.27 bits per heavy atom. The maximum atomic E-state index is 5.11. The number of rotatable bonds is 4. The van der Waals surface area contributed by atoms with Gasteiger partial charge in [-0.05, 0) is 13.0 Å². The fourth-order valence-corrected chi connectivity index (χ4v) is 2.89. The molecular weight excluding hydrogens is 332 g/mol. The highest BCUT2D eigenvalue weighted by Gasteiger charge is 2.20. The lowest BCUT2D eigenvalue weighted by Gasteiger charge is -2.35. The molecule has 1 aliphatic rings. The highest BCUT2D eigenvalue weighted by Crippen LogP contribution is 2.18. The number of aryl methyl sites for hydroxylation is 1. The molecule has 1 fully saturated rings. The van der Waals surface area contributed by atoms with E-state index < -0.39 is 0 Å². The van der Waals surface area contributed by atoms with E-state index in [0.29, 0.717) is 5.75 Å². The Labute approximate surface area is 151 Å². The molecule has 134 valence electrons. The lowest BCUT2D eigenvalue weighted by atomic mass is 10.3. The predicted molar refractivity (Wildman–Crippen MR) is 96.9 cm³/mol. The maximum absolute atomic E-state index is 5.11. The Bertz CT molecular complexity index is 870. The minimum atomic E-state index is 0.662. The van der Waals surface area contributed by atoms with Crippen molar-refractivity contribution < 1.29 is 4.74 Å². The summed E-state index contributed by atoms with van der Waals surface area (Å²) in [6, 6.07) is 3.92. The average Bonchev–Trinajstić information content (AvgIpc) is 3.15. The zero-order valence-corrected chi connectivity index (χ0v) is 14.8. The Hall–Kier alpha value is -3.23. The molecule has 0 atom stereocenters. The molecule has 0 aliphatic carbocycles. The second-order valence-electron chi connectivity index (χ2n) is 6.03. The Morgan fingerprint density at radius 1 is 0.923 bits per heavy atom. The minimum absolute atomic E-state index is 0.662. The van der Waals surface area contributed by atoms with Crippen LogP contribution in [-0.2, 0) is 0 Å². The average molecular weight is 352 g/mol. The Morgan fingerprint density at radius 2 is 1.62 bits per heavy atom. The van der Waals surface area contributed by atoms with E-state index >= 15 is 0 Å². The molecule has 1 aliphatic heterocycles. The van der Waals surface area contributed by atoms with Crippen LogP contribution in [0.15, 0.2) is 37.1 Å². The van der Waals surface area contributed by atoms with Crippen LogP contribution >= 0.6 is 0 Å². The van der Waals surface area contributed by atoms with Gasteiger partial charge in [-0.2, -0.15) is 5.10 Å². The summed E-state index contributed by atoms with van der Waals surface area (Å²) in [6.07, 6.45) is 6.87. The van der Waals surface area contributed by atoms with Crippen LogP contribution in [0.2, 0.25) is 0 Å². The largest absolute Gasteiger partial charge is 0.494 e. The van der Waals surface area contributed by atoms with Crippen molar-refractivity contribution in [1.82, 2.24) is 29.7 Å². The van der Waals surface area contributed by atoms with E-state index in [4.69, 9.17) is 4.74 Å². The lowest BCUT2D eigenvalue weighted by Crippen LogP contribution is -2.47. The van der Waals surface area contributed by atoms with E-state index in [1.807, 2.05) is 25.3 Å². The first-order valence-corrected chi connectivity index (χ1v) is 8.43. The molecule has 0 amide bonds. The van der Waals surface area contributed by atoms with Crippen molar-refractivity contribution in [2.24, 2.45) is 0 Å². The van der Waals surface area contributed by atoms with E-state index in [9.17, 15) is 0 Å². The Kier molecular flexibility index (Phi) is 4.34. The first kappa shape index (κ1) is 16.2. The maximum Gasteiger partial charge on any atom is 0.225 e. The van der Waals surface area contributed by atoms with Gasteiger partial charge in [-0.3, -0.25) is 0 Å². The topological polar surface area (TPSA) is 85.1 Å². The van der Waals surface area contributed by atoms with Crippen LogP contribution in [0.4, 0.5) is 11.8 Å². The summed E-state index contributed by atoms with van der Waals surface area (Å²) in [5, 5.41) is 4.41. The van der Waals surface area contributed by atoms with Gasteiger partial charge in [0.05, 0.1) is 25.2 Å². The molecule has 0 radical (unpaired) electrons. The van der Waals surface area contributed by atoms with Gasteiger partial charge in [0.1, 0.15) is 12.1 Å². The summed E-state index contributed by atoms with van der Waals surface area (Å²) in [5.74, 6) is 3.05. The van der Waals surface area contributed by atoms with Gasteiger partial charge in [-0.15, -0.1) is 0 Å². The number of nitrogens with zero attached hydrogens (tertiary/aromatic N) is 8. The number of ether oxygens (including phenoxy) is 1. The minimum Gasteiger partial charge on any atom is -0.494 e. The predicted octanol–water partition coefficient (Wildman–Crippen LogP) is 1.10. The molecule has 4 rings (SSSR count). The number of hydrogen-bond donors (Lipinski definition) is 0. The van der Waals surface area contributed by atoms with E-state index in [1.165, 1.54) is 0 Å². The molecule has 0 spiro atoms. The van der Waals surface area contributed by atoms with Crippen molar-refractivity contribution in [3.63, 3.8) is 0 Å². The number of piperazine rings is 1. The smallest absolute Gasteiger partial charge is 0.225 e. The van der Waals surface area contributed by atoms with Gasteiger partial charge < -0.3 is 14.5 Å². The molecule has 0 N–H and O–H groups in total. The third-order valence-electron chi connectivity index (χ3n) is 4.33. The standard InChI is InChI=1S/C17H20N8O/c1-13-3-4-25(22-13)16-9-15(20-12-21-16)23-5-7-24(8-6-23)17-18-10-14(26-2)11-19-17/h3-4,9-12H,5-8H2,1-2H3. The number of hydrogen-bond acceptors (Lipinski definition) is 8. The quantitative estimate of drug-likeness (QED) is 0.690. The van der Waals surface area contributed by atoms with Crippen molar-refractivity contribution in [1.29, 1.82) is 0 Å². The number of aromatic nitrogens is 6. The van der Waals surface area contributed by atoms with Crippen molar-refractivity contribution in [3.05, 3.63) is 42.7 Å². The summed E-state index contributed by atoms with van der Waals surface area (Å²) in [6.45, 7) is 5.28. The molecule has 9 nitrogen and oxygen atoms in total. The molecule has 0 unspecified atom stereocenters. The molecule has 4 heterocycles. The highest BCUT2D eigenvalue weighted by atomic mass is 16.5. The normalized spacial score (nSPS) is 14.5. The molecule has 0 saturated carbocycles. The summed E-state index contributed by atoms with van der Waals surface area (Å²) in [7, 11) is 1.61. The molecule has 0 aromatic carbocycles. The van der Waals surface area contributed by atoms with Gasteiger partial charge >= 0.3 is 0 Å². The Balaban J connectivity index is 1.44. The summed E-state index contributed by atoms with van der Waals surface area (Å²) in [4.78, 5) is 21.9. The van der Waals surface area contributed by atoms with Crippen LogP contribution in [0.3, 0.4) is 0 Å². The zero-order chi connectivity index (χ0) is 17.9. The van der Waals surface area contributed by atoms with E-state index in [2.05, 4.69) is 34.8 Å². The van der Waals surface area contributed by atoms with Gasteiger partial charge in [0.15, 0.2) is 11.6 Å². The van der Waals surface area contributed by atoms with E-state index in [-0.39, 0.29) is 0 Å². The van der Waals surface area contributed by atoms with Crippen LogP contribution in [0.1, 0.15) is 5.69 Å². The second-order valence-corrected chi connectivity index (χ2v) is 6.03. The fourth-order valence-electron chi connectivity index (χ4n) is 2.89. The van der Waals surface area contributed by atoms with Gasteiger partial charge in [0, 0.05) is 38.4 Å². The highest BCUT2D eigenvalue weighted by molar-refractivity contribution is 5.45. The van der Waals surface area contributed by atoms with E-state index in [0.717, 1.165) is 49.5 Å². The van der Waals surface area contributed by atoms with Gasteiger partial charge in [-0.25, -0.2) is 24.6 Å². The van der Waals surface area contributed by atoms with Crippen LogP contribution < -0.4 is 14.5 Å². The first-order valence-electron chi connectivity index (χ1n) is 8.43. The van der Waals surface area contributed by atoms with Crippen molar-refractivity contribution >= 4 is 11.8 Å². The van der Waals surface area contributed by atoms with Gasteiger partial charge in [-0.1, -0.05) is 0 Å². The van der Waals surface area contributed by atoms with Crippen molar-refractivity contribution in [3.8, 4) is 11.6 Å². The van der Waals surface area contributed by atoms with Gasteiger partial charge in [0.2, 0.25) is 5.95 Å². The lowest BCUT2D eigenvalue weighted by molar-refractivity contribution is 0.410. The third-order valence-corrected chi connectivity index (χ3v) is 4.33. The van der Waals surface area contributed by atoms with Crippen LogP contribution in [0.25, 0.3) is 5.82 Å². The monoisotopic (exact) mass is 352 g/mol. The summed E-state index contributed by atoms with van der Waals surface area (Å²) < 4.78 is 6.87. The molecule has 3 aromatic heterocycles. The number of methoxy groups -OCH3 is 1.